The highest BCUT2D eigenvalue weighted by Gasteiger charge is 2.10. The zero-order valence-electron chi connectivity index (χ0n) is 15.1. The van der Waals surface area contributed by atoms with Gasteiger partial charge in [0.15, 0.2) is 0 Å². The van der Waals surface area contributed by atoms with Crippen LogP contribution in [-0.4, -0.2) is 48.2 Å². The van der Waals surface area contributed by atoms with Crippen molar-refractivity contribution in [2.45, 2.75) is 26.2 Å². The van der Waals surface area contributed by atoms with E-state index in [0.29, 0.717) is 5.95 Å². The molecule has 1 aromatic heterocycles. The minimum absolute atomic E-state index is 0.579. The third-order valence-electron chi connectivity index (χ3n) is 4.29. The van der Waals surface area contributed by atoms with Crippen LogP contribution in [0.5, 0.6) is 5.75 Å². The summed E-state index contributed by atoms with van der Waals surface area (Å²) >= 11 is 0. The Morgan fingerprint density at radius 1 is 1.16 bits per heavy atom. The van der Waals surface area contributed by atoms with Gasteiger partial charge in [-0.05, 0) is 51.4 Å². The summed E-state index contributed by atoms with van der Waals surface area (Å²) in [6.45, 7) is 6.30. The maximum absolute atomic E-state index is 5.89. The molecule has 2 N–H and O–H groups in total. The standard InChI is InChI=1S/C19H27N5O/c1-15-13-18(20-2)23-19(21-15)22-16-7-5-8-17(14-16)25-12-6-11-24-9-3-4-10-24/h5,7-8,13-14H,3-4,6,9-12H2,1-2H3,(H2,20,21,22,23). The maximum atomic E-state index is 5.89. The fourth-order valence-electron chi connectivity index (χ4n) is 3.03. The summed E-state index contributed by atoms with van der Waals surface area (Å²) in [5, 5.41) is 6.29. The van der Waals surface area contributed by atoms with Crippen LogP contribution in [0.15, 0.2) is 30.3 Å². The number of benzene rings is 1. The van der Waals surface area contributed by atoms with Gasteiger partial charge in [0.2, 0.25) is 5.95 Å². The van der Waals surface area contributed by atoms with Crippen LogP contribution in [0.4, 0.5) is 17.5 Å². The molecule has 0 unspecified atom stereocenters. The van der Waals surface area contributed by atoms with Gasteiger partial charge in [-0.3, -0.25) is 0 Å². The molecule has 1 fully saturated rings. The van der Waals surface area contributed by atoms with E-state index in [4.69, 9.17) is 4.74 Å². The van der Waals surface area contributed by atoms with E-state index in [1.54, 1.807) is 0 Å². The monoisotopic (exact) mass is 341 g/mol. The Morgan fingerprint density at radius 2 is 2.00 bits per heavy atom. The molecule has 0 radical (unpaired) electrons. The van der Waals surface area contributed by atoms with Crippen molar-refractivity contribution in [1.29, 1.82) is 0 Å². The van der Waals surface area contributed by atoms with Gasteiger partial charge in [0.1, 0.15) is 11.6 Å². The van der Waals surface area contributed by atoms with Crippen molar-refractivity contribution < 1.29 is 4.74 Å². The first-order valence-corrected chi connectivity index (χ1v) is 8.98. The Balaban J connectivity index is 1.53. The van der Waals surface area contributed by atoms with Gasteiger partial charge >= 0.3 is 0 Å². The minimum atomic E-state index is 0.579. The number of hydrogen-bond acceptors (Lipinski definition) is 6. The molecule has 0 spiro atoms. The highest BCUT2D eigenvalue weighted by molar-refractivity contribution is 5.57. The average molecular weight is 341 g/mol. The molecule has 1 saturated heterocycles. The molecule has 0 saturated carbocycles. The topological polar surface area (TPSA) is 62.3 Å². The molecule has 6 heteroatoms. The molecule has 2 heterocycles. The van der Waals surface area contributed by atoms with Gasteiger partial charge in [-0.15, -0.1) is 0 Å². The molecule has 0 atom stereocenters. The third-order valence-corrected chi connectivity index (χ3v) is 4.29. The summed E-state index contributed by atoms with van der Waals surface area (Å²) in [5.74, 6) is 2.24. The Morgan fingerprint density at radius 3 is 2.80 bits per heavy atom. The first-order valence-electron chi connectivity index (χ1n) is 8.98. The summed E-state index contributed by atoms with van der Waals surface area (Å²) in [6.07, 6.45) is 3.74. The minimum Gasteiger partial charge on any atom is -0.493 e. The molecule has 1 aromatic carbocycles. The van der Waals surface area contributed by atoms with Crippen molar-refractivity contribution in [3.8, 4) is 5.75 Å². The van der Waals surface area contributed by atoms with Gasteiger partial charge in [-0.1, -0.05) is 6.07 Å². The lowest BCUT2D eigenvalue weighted by Gasteiger charge is -2.14. The van der Waals surface area contributed by atoms with E-state index in [0.717, 1.165) is 42.5 Å². The second-order valence-electron chi connectivity index (χ2n) is 6.37. The largest absolute Gasteiger partial charge is 0.493 e. The second-order valence-corrected chi connectivity index (χ2v) is 6.37. The summed E-state index contributed by atoms with van der Waals surface area (Å²) in [6, 6.07) is 9.84. The number of nitrogens with zero attached hydrogens (tertiary/aromatic N) is 3. The van der Waals surface area contributed by atoms with Crippen LogP contribution in [0, 0.1) is 6.92 Å². The number of aryl methyl sites for hydroxylation is 1. The molecule has 3 rings (SSSR count). The normalized spacial score (nSPS) is 14.5. The molecule has 0 amide bonds. The van der Waals surface area contributed by atoms with Crippen LogP contribution in [0.25, 0.3) is 0 Å². The number of anilines is 3. The number of aromatic nitrogens is 2. The zero-order valence-corrected chi connectivity index (χ0v) is 15.1. The lowest BCUT2D eigenvalue weighted by molar-refractivity contribution is 0.263. The van der Waals surface area contributed by atoms with Crippen LogP contribution in [0.3, 0.4) is 0 Å². The number of ether oxygens (including phenoxy) is 1. The Labute approximate surface area is 149 Å². The van der Waals surface area contributed by atoms with Crippen molar-refractivity contribution >= 4 is 17.5 Å². The van der Waals surface area contributed by atoms with E-state index < -0.39 is 0 Å². The fourth-order valence-corrected chi connectivity index (χ4v) is 3.03. The molecule has 1 aliphatic rings. The van der Waals surface area contributed by atoms with Crippen LogP contribution in [-0.2, 0) is 0 Å². The Hall–Kier alpha value is -2.34. The van der Waals surface area contributed by atoms with Crippen molar-refractivity contribution in [1.82, 2.24) is 14.9 Å². The van der Waals surface area contributed by atoms with Crippen molar-refractivity contribution in [3.05, 3.63) is 36.0 Å². The van der Waals surface area contributed by atoms with E-state index >= 15 is 0 Å². The highest BCUT2D eigenvalue weighted by Crippen LogP contribution is 2.21. The van der Waals surface area contributed by atoms with Gasteiger partial charge in [0, 0.05) is 37.1 Å². The highest BCUT2D eigenvalue weighted by atomic mass is 16.5. The predicted octanol–water partition coefficient (Wildman–Crippen LogP) is 3.44. The summed E-state index contributed by atoms with van der Waals surface area (Å²) < 4.78 is 5.89. The smallest absolute Gasteiger partial charge is 0.229 e. The SMILES string of the molecule is CNc1cc(C)nc(Nc2cccc(OCCCN3CCCC3)c2)n1. The molecular formula is C19H27N5O. The molecule has 2 aromatic rings. The van der Waals surface area contributed by atoms with Crippen LogP contribution >= 0.6 is 0 Å². The molecule has 0 aliphatic carbocycles. The number of hydrogen-bond donors (Lipinski definition) is 2. The molecule has 0 bridgehead atoms. The molecule has 25 heavy (non-hydrogen) atoms. The van der Waals surface area contributed by atoms with E-state index in [1.165, 1.54) is 25.9 Å². The van der Waals surface area contributed by atoms with Crippen LogP contribution in [0.1, 0.15) is 25.0 Å². The third kappa shape index (κ3) is 5.32. The lowest BCUT2D eigenvalue weighted by Crippen LogP contribution is -2.21. The number of likely N-dealkylation sites (tertiary alicyclic amines) is 1. The zero-order chi connectivity index (χ0) is 17.5. The van der Waals surface area contributed by atoms with E-state index in [2.05, 4.69) is 25.5 Å². The quantitative estimate of drug-likeness (QED) is 0.717. The fraction of sp³-hybridized carbons (Fsp3) is 0.474. The lowest BCUT2D eigenvalue weighted by atomic mass is 10.3. The van der Waals surface area contributed by atoms with Crippen LogP contribution < -0.4 is 15.4 Å². The van der Waals surface area contributed by atoms with Gasteiger partial charge in [-0.25, -0.2) is 4.98 Å². The Bertz CT molecular complexity index is 685. The average Bonchev–Trinajstić information content (AvgIpc) is 3.12. The van der Waals surface area contributed by atoms with E-state index in [1.807, 2.05) is 44.3 Å². The van der Waals surface area contributed by atoms with E-state index in [9.17, 15) is 0 Å². The molecular weight excluding hydrogens is 314 g/mol. The van der Waals surface area contributed by atoms with Crippen molar-refractivity contribution in [2.24, 2.45) is 0 Å². The summed E-state index contributed by atoms with van der Waals surface area (Å²) in [5.41, 5.74) is 1.83. The number of rotatable bonds is 8. The summed E-state index contributed by atoms with van der Waals surface area (Å²) in [4.78, 5) is 11.3. The Kier molecular flexibility index (Phi) is 6.06. The van der Waals surface area contributed by atoms with Gasteiger partial charge < -0.3 is 20.3 Å². The van der Waals surface area contributed by atoms with Gasteiger partial charge in [0.05, 0.1) is 6.61 Å². The first-order chi connectivity index (χ1) is 12.2. The molecule has 1 aliphatic heterocycles. The molecule has 134 valence electrons. The second kappa shape index (κ2) is 8.67. The van der Waals surface area contributed by atoms with E-state index in [-0.39, 0.29) is 0 Å². The number of nitrogens with one attached hydrogen (secondary N) is 2. The predicted molar refractivity (Wildman–Crippen MR) is 102 cm³/mol. The van der Waals surface area contributed by atoms with Crippen molar-refractivity contribution in [3.63, 3.8) is 0 Å². The first kappa shape index (κ1) is 17.5. The summed E-state index contributed by atoms with van der Waals surface area (Å²) in [7, 11) is 1.85. The van der Waals surface area contributed by atoms with Gasteiger partial charge in [0.25, 0.3) is 0 Å². The van der Waals surface area contributed by atoms with Crippen molar-refractivity contribution in [2.75, 3.05) is 43.9 Å². The van der Waals surface area contributed by atoms with Gasteiger partial charge in [-0.2, -0.15) is 4.98 Å². The molecule has 6 nitrogen and oxygen atoms in total. The maximum Gasteiger partial charge on any atom is 0.229 e. The van der Waals surface area contributed by atoms with Crippen LogP contribution in [0.2, 0.25) is 0 Å².